The van der Waals surface area contributed by atoms with Crippen molar-refractivity contribution in [2.45, 2.75) is 39.5 Å². The molecule has 0 N–H and O–H groups in total. The van der Waals surface area contributed by atoms with E-state index in [-0.39, 0.29) is 11.5 Å². The Hall–Kier alpha value is -1.58. The fourth-order valence-electron chi connectivity index (χ4n) is 2.56. The molecular formula is C17H22F2O2. The molecule has 2 nitrogen and oxygen atoms in total. The van der Waals surface area contributed by atoms with Crippen molar-refractivity contribution in [2.24, 2.45) is 11.8 Å². The topological polar surface area (TPSA) is 18.5 Å². The lowest BCUT2D eigenvalue weighted by atomic mass is 9.83. The van der Waals surface area contributed by atoms with Crippen LogP contribution in [0.4, 0.5) is 8.78 Å². The molecule has 0 aromatic heterocycles. The van der Waals surface area contributed by atoms with Crippen molar-refractivity contribution < 1.29 is 18.3 Å². The van der Waals surface area contributed by atoms with E-state index >= 15 is 0 Å². The molecule has 1 aliphatic carbocycles. The maximum atomic E-state index is 13.9. The van der Waals surface area contributed by atoms with Crippen LogP contribution in [0.25, 0.3) is 0 Å². The van der Waals surface area contributed by atoms with E-state index in [0.717, 1.165) is 18.8 Å². The number of halogens is 2. The first-order valence-electron chi connectivity index (χ1n) is 7.50. The lowest BCUT2D eigenvalue weighted by molar-refractivity contribution is 0.181. The van der Waals surface area contributed by atoms with Crippen LogP contribution in [0.1, 0.15) is 39.5 Å². The molecule has 1 fully saturated rings. The standard InChI is InChI=1S/C17H22F2O2/c1-3-10-20-14-8-9-15(17(19)16(14)18)21-11-13-6-4-12(2)5-7-13/h3,8-10,12-13H,4-7,11H2,1-2H3. The second-order valence-corrected chi connectivity index (χ2v) is 5.71. The van der Waals surface area contributed by atoms with Crippen LogP contribution in [0.15, 0.2) is 24.5 Å². The summed E-state index contributed by atoms with van der Waals surface area (Å²) >= 11 is 0. The van der Waals surface area contributed by atoms with Gasteiger partial charge in [-0.25, -0.2) is 0 Å². The first-order chi connectivity index (χ1) is 10.1. The lowest BCUT2D eigenvalue weighted by Crippen LogP contribution is -2.19. The van der Waals surface area contributed by atoms with Gasteiger partial charge in [-0.3, -0.25) is 0 Å². The smallest absolute Gasteiger partial charge is 0.205 e. The van der Waals surface area contributed by atoms with E-state index in [1.165, 1.54) is 31.2 Å². The van der Waals surface area contributed by atoms with E-state index in [4.69, 9.17) is 9.47 Å². The van der Waals surface area contributed by atoms with E-state index in [0.29, 0.717) is 12.5 Å². The highest BCUT2D eigenvalue weighted by Gasteiger charge is 2.20. The van der Waals surface area contributed by atoms with E-state index in [1.54, 1.807) is 13.0 Å². The molecule has 0 saturated heterocycles. The summed E-state index contributed by atoms with van der Waals surface area (Å²) in [6, 6.07) is 2.80. The van der Waals surface area contributed by atoms with Crippen LogP contribution in [-0.4, -0.2) is 6.61 Å². The predicted octanol–water partition coefficient (Wildman–Crippen LogP) is 5.08. The van der Waals surface area contributed by atoms with Crippen LogP contribution in [0.3, 0.4) is 0 Å². The monoisotopic (exact) mass is 296 g/mol. The second kappa shape index (κ2) is 7.43. The minimum absolute atomic E-state index is 0.0426. The summed E-state index contributed by atoms with van der Waals surface area (Å²) in [6.45, 7) is 4.42. The molecule has 0 amide bonds. The minimum atomic E-state index is -1.01. The zero-order valence-electron chi connectivity index (χ0n) is 12.6. The Labute approximate surface area is 124 Å². The molecule has 21 heavy (non-hydrogen) atoms. The molecular weight excluding hydrogens is 274 g/mol. The third-order valence-electron chi connectivity index (χ3n) is 3.95. The SMILES string of the molecule is CC=COc1ccc(OCC2CCC(C)CC2)c(F)c1F. The van der Waals surface area contributed by atoms with Gasteiger partial charge < -0.3 is 9.47 Å². The predicted molar refractivity (Wildman–Crippen MR) is 78.4 cm³/mol. The van der Waals surface area contributed by atoms with Gasteiger partial charge in [-0.15, -0.1) is 0 Å². The van der Waals surface area contributed by atoms with Gasteiger partial charge in [0.2, 0.25) is 11.6 Å². The van der Waals surface area contributed by atoms with Crippen molar-refractivity contribution in [3.8, 4) is 11.5 Å². The van der Waals surface area contributed by atoms with Gasteiger partial charge >= 0.3 is 0 Å². The van der Waals surface area contributed by atoms with E-state index < -0.39 is 11.6 Å². The van der Waals surface area contributed by atoms with Gasteiger partial charge in [0.25, 0.3) is 0 Å². The van der Waals surface area contributed by atoms with Crippen molar-refractivity contribution in [3.05, 3.63) is 36.1 Å². The van der Waals surface area contributed by atoms with Gasteiger partial charge in [-0.05, 0) is 43.7 Å². The average molecular weight is 296 g/mol. The van der Waals surface area contributed by atoms with Gasteiger partial charge in [0.15, 0.2) is 11.5 Å². The molecule has 0 radical (unpaired) electrons. The van der Waals surface area contributed by atoms with Crippen molar-refractivity contribution in [1.82, 2.24) is 0 Å². The van der Waals surface area contributed by atoms with E-state index in [2.05, 4.69) is 6.92 Å². The minimum Gasteiger partial charge on any atom is -0.490 e. The zero-order valence-corrected chi connectivity index (χ0v) is 12.6. The Morgan fingerprint density at radius 2 is 1.71 bits per heavy atom. The molecule has 0 aliphatic heterocycles. The highest BCUT2D eigenvalue weighted by atomic mass is 19.2. The molecule has 1 aromatic rings. The number of hydrogen-bond acceptors (Lipinski definition) is 2. The van der Waals surface area contributed by atoms with Gasteiger partial charge in [0, 0.05) is 0 Å². The van der Waals surface area contributed by atoms with Gasteiger partial charge in [-0.2, -0.15) is 8.78 Å². The maximum absolute atomic E-state index is 13.9. The fourth-order valence-corrected chi connectivity index (χ4v) is 2.56. The Morgan fingerprint density at radius 1 is 1.10 bits per heavy atom. The number of allylic oxidation sites excluding steroid dienone is 1. The molecule has 0 atom stereocenters. The zero-order chi connectivity index (χ0) is 15.2. The molecule has 1 saturated carbocycles. The highest BCUT2D eigenvalue weighted by molar-refractivity contribution is 5.35. The number of rotatable bonds is 5. The quantitative estimate of drug-likeness (QED) is 0.705. The average Bonchev–Trinajstić information content (AvgIpc) is 2.49. The summed E-state index contributed by atoms with van der Waals surface area (Å²) < 4.78 is 38.1. The van der Waals surface area contributed by atoms with Gasteiger partial charge in [-0.1, -0.05) is 25.8 Å². The third-order valence-corrected chi connectivity index (χ3v) is 3.95. The van der Waals surface area contributed by atoms with Crippen molar-refractivity contribution in [1.29, 1.82) is 0 Å². The van der Waals surface area contributed by atoms with E-state index in [1.807, 2.05) is 0 Å². The van der Waals surface area contributed by atoms with Crippen LogP contribution < -0.4 is 9.47 Å². The normalized spacial score (nSPS) is 22.5. The molecule has 0 unspecified atom stereocenters. The van der Waals surface area contributed by atoms with Crippen LogP contribution in [0.2, 0.25) is 0 Å². The largest absolute Gasteiger partial charge is 0.490 e. The first kappa shape index (κ1) is 15.8. The summed E-state index contributed by atoms with van der Waals surface area (Å²) in [5.74, 6) is -0.978. The summed E-state index contributed by atoms with van der Waals surface area (Å²) in [5.41, 5.74) is 0. The second-order valence-electron chi connectivity index (χ2n) is 5.71. The third kappa shape index (κ3) is 4.19. The Balaban J connectivity index is 1.96. The maximum Gasteiger partial charge on any atom is 0.205 e. The van der Waals surface area contributed by atoms with E-state index in [9.17, 15) is 8.78 Å². The summed E-state index contributed by atoms with van der Waals surface area (Å²) in [6.07, 6.45) is 7.46. The molecule has 0 bridgehead atoms. The van der Waals surface area contributed by atoms with Gasteiger partial charge in [0.1, 0.15) is 0 Å². The first-order valence-corrected chi connectivity index (χ1v) is 7.50. The molecule has 116 valence electrons. The summed E-state index contributed by atoms with van der Waals surface area (Å²) in [4.78, 5) is 0. The lowest BCUT2D eigenvalue weighted by Gasteiger charge is -2.26. The highest BCUT2D eigenvalue weighted by Crippen LogP contribution is 2.31. The molecule has 1 aromatic carbocycles. The van der Waals surface area contributed by atoms with Gasteiger partial charge in [0.05, 0.1) is 12.9 Å². The van der Waals surface area contributed by atoms with Crippen LogP contribution >= 0.6 is 0 Å². The summed E-state index contributed by atoms with van der Waals surface area (Å²) in [7, 11) is 0. The molecule has 4 heteroatoms. The number of hydrogen-bond donors (Lipinski definition) is 0. The van der Waals surface area contributed by atoms with Crippen molar-refractivity contribution in [3.63, 3.8) is 0 Å². The Bertz CT molecular complexity index is 492. The van der Waals surface area contributed by atoms with Crippen molar-refractivity contribution >= 4 is 0 Å². The Morgan fingerprint density at radius 3 is 2.38 bits per heavy atom. The Kier molecular flexibility index (Phi) is 5.59. The number of benzene rings is 1. The summed E-state index contributed by atoms with van der Waals surface area (Å²) in [5, 5.41) is 0. The molecule has 2 rings (SSSR count). The fraction of sp³-hybridized carbons (Fsp3) is 0.529. The number of ether oxygens (including phenoxy) is 2. The molecule has 1 aliphatic rings. The van der Waals surface area contributed by atoms with Crippen molar-refractivity contribution in [2.75, 3.05) is 6.61 Å². The van der Waals surface area contributed by atoms with Crippen LogP contribution in [-0.2, 0) is 0 Å². The van der Waals surface area contributed by atoms with Crippen LogP contribution in [0, 0.1) is 23.5 Å². The van der Waals surface area contributed by atoms with Crippen LogP contribution in [0.5, 0.6) is 11.5 Å². The molecule has 0 heterocycles. The molecule has 0 spiro atoms.